The number of methoxy groups -OCH3 is 3. The van der Waals surface area contributed by atoms with Crippen molar-refractivity contribution in [1.29, 1.82) is 0 Å². The number of fused-ring (bicyclic) bond motifs is 3. The molecule has 0 bridgehead atoms. The summed E-state index contributed by atoms with van der Waals surface area (Å²) in [6, 6.07) is 3.10. The summed E-state index contributed by atoms with van der Waals surface area (Å²) in [7, 11) is 3.97. The van der Waals surface area contributed by atoms with Crippen LogP contribution in [0.4, 0.5) is 0 Å². The van der Waals surface area contributed by atoms with Gasteiger partial charge in [-0.2, -0.15) is 0 Å². The molecule has 5 rings (SSSR count). The van der Waals surface area contributed by atoms with E-state index in [1.54, 1.807) is 19.1 Å². The molecule has 4 aliphatic rings. The van der Waals surface area contributed by atoms with Gasteiger partial charge in [0.1, 0.15) is 41.2 Å². The lowest BCUT2D eigenvalue weighted by atomic mass is 9.78. The van der Waals surface area contributed by atoms with Crippen LogP contribution in [0.1, 0.15) is 18.9 Å². The number of hydrogen-bond donors (Lipinski definition) is 5. The highest BCUT2D eigenvalue weighted by atomic mass is 16.8. The number of aliphatic hydroxyl groups excluding tert-OH is 3. The Morgan fingerprint density at radius 3 is 2.35 bits per heavy atom. The van der Waals surface area contributed by atoms with Gasteiger partial charge in [0.05, 0.1) is 52.8 Å². The number of carbonyl (C=O) groups is 1. The molecular weight excluding hydrogens is 536 g/mol. The van der Waals surface area contributed by atoms with Crippen molar-refractivity contribution in [2.75, 3.05) is 27.9 Å². The fourth-order valence-electron chi connectivity index (χ4n) is 5.83. The van der Waals surface area contributed by atoms with Gasteiger partial charge < -0.3 is 63.4 Å². The Balaban J connectivity index is 1.28. The molecular formula is C26H34O14. The van der Waals surface area contributed by atoms with Crippen molar-refractivity contribution in [3.05, 3.63) is 29.5 Å². The van der Waals surface area contributed by atoms with Gasteiger partial charge in [0.2, 0.25) is 12.0 Å². The van der Waals surface area contributed by atoms with E-state index < -0.39 is 60.1 Å². The quantitative estimate of drug-likeness (QED) is 0.180. The number of aromatic hydroxyl groups is 1. The number of aliphatic hydroxyl groups is 4. The summed E-state index contributed by atoms with van der Waals surface area (Å²) in [5.41, 5.74) is -2.05. The van der Waals surface area contributed by atoms with E-state index in [-0.39, 0.29) is 48.6 Å². The normalized spacial score (nSPS) is 39.9. The number of phenols is 1. The molecule has 0 radical (unpaired) electrons. The average molecular weight is 571 g/mol. The number of epoxide rings is 1. The maximum Gasteiger partial charge on any atom is 0.339 e. The molecule has 1 aromatic carbocycles. The van der Waals surface area contributed by atoms with E-state index in [1.165, 1.54) is 21.3 Å². The number of carbonyl (C=O) groups excluding carboxylic acids is 1. The van der Waals surface area contributed by atoms with Crippen LogP contribution in [0.25, 0.3) is 0 Å². The van der Waals surface area contributed by atoms with Crippen LogP contribution in [0.2, 0.25) is 0 Å². The zero-order valence-corrected chi connectivity index (χ0v) is 22.4. The van der Waals surface area contributed by atoms with Crippen molar-refractivity contribution in [2.24, 2.45) is 5.92 Å². The highest BCUT2D eigenvalue weighted by Crippen LogP contribution is 2.63. The maximum atomic E-state index is 12.3. The van der Waals surface area contributed by atoms with E-state index >= 15 is 0 Å². The van der Waals surface area contributed by atoms with Crippen molar-refractivity contribution < 1.29 is 68.2 Å². The molecule has 5 N–H and O–H groups in total. The molecule has 3 heterocycles. The molecule has 40 heavy (non-hydrogen) atoms. The van der Waals surface area contributed by atoms with Crippen molar-refractivity contribution in [1.82, 2.24) is 0 Å². The Morgan fingerprint density at radius 2 is 1.73 bits per heavy atom. The lowest BCUT2D eigenvalue weighted by molar-refractivity contribution is -0.349. The summed E-state index contributed by atoms with van der Waals surface area (Å²) < 4.78 is 43.8. The predicted molar refractivity (Wildman–Crippen MR) is 130 cm³/mol. The van der Waals surface area contributed by atoms with Crippen LogP contribution in [0.15, 0.2) is 24.0 Å². The van der Waals surface area contributed by atoms with Crippen molar-refractivity contribution in [3.63, 3.8) is 0 Å². The first-order valence-electron chi connectivity index (χ1n) is 12.7. The van der Waals surface area contributed by atoms with E-state index in [0.717, 1.165) is 6.26 Å². The number of phenolic OH excluding ortho intramolecular Hbond substituents is 1. The van der Waals surface area contributed by atoms with E-state index in [4.69, 9.17) is 37.9 Å². The van der Waals surface area contributed by atoms with Gasteiger partial charge in [-0.05, 0) is 24.6 Å². The van der Waals surface area contributed by atoms with Gasteiger partial charge in [-0.25, -0.2) is 4.79 Å². The third-order valence-electron chi connectivity index (χ3n) is 8.10. The Labute approximate surface area is 229 Å². The van der Waals surface area contributed by atoms with Gasteiger partial charge in [-0.1, -0.05) is 0 Å². The number of benzene rings is 1. The Bertz CT molecular complexity index is 1130. The fourth-order valence-corrected chi connectivity index (χ4v) is 5.83. The highest BCUT2D eigenvalue weighted by Gasteiger charge is 2.77. The van der Waals surface area contributed by atoms with Gasteiger partial charge in [0, 0.05) is 6.42 Å². The highest BCUT2D eigenvalue weighted by molar-refractivity contribution is 5.91. The minimum absolute atomic E-state index is 0.00275. The monoisotopic (exact) mass is 570 g/mol. The maximum absolute atomic E-state index is 12.3. The summed E-state index contributed by atoms with van der Waals surface area (Å²) in [5.74, 6) is -1.46. The van der Waals surface area contributed by atoms with Gasteiger partial charge >= 0.3 is 5.97 Å². The summed E-state index contributed by atoms with van der Waals surface area (Å²) in [5, 5.41) is 53.3. The SMILES string of the molecule is COC(=O)C1=CO[C@@H](O[C@@H]2O[C@H](COCc3cc(OC)c(O)c(OC)c3)[C@@H](O)[C@H](O)[C@H]2O)[C@@H]2[C@@]3(C)O[C@H]3C[C@]12O. The van der Waals surface area contributed by atoms with E-state index in [9.17, 15) is 30.3 Å². The van der Waals surface area contributed by atoms with E-state index in [2.05, 4.69) is 0 Å². The molecule has 10 atom stereocenters. The van der Waals surface area contributed by atoms with Gasteiger partial charge in [0.15, 0.2) is 17.8 Å². The van der Waals surface area contributed by atoms with Crippen molar-refractivity contribution in [3.8, 4) is 17.2 Å². The van der Waals surface area contributed by atoms with Crippen LogP contribution in [-0.2, 0) is 39.8 Å². The number of rotatable bonds is 9. The first-order valence-corrected chi connectivity index (χ1v) is 12.7. The summed E-state index contributed by atoms with van der Waals surface area (Å²) in [4.78, 5) is 12.3. The molecule has 14 heteroatoms. The Morgan fingerprint density at radius 1 is 1.05 bits per heavy atom. The second-order valence-electron chi connectivity index (χ2n) is 10.4. The molecule has 1 aliphatic carbocycles. The summed E-state index contributed by atoms with van der Waals surface area (Å²) >= 11 is 0. The topological polar surface area (TPSA) is 195 Å². The van der Waals surface area contributed by atoms with Crippen LogP contribution < -0.4 is 9.47 Å². The molecule has 14 nitrogen and oxygen atoms in total. The third-order valence-corrected chi connectivity index (χ3v) is 8.10. The lowest BCUT2D eigenvalue weighted by Crippen LogP contribution is -2.62. The van der Waals surface area contributed by atoms with Crippen LogP contribution >= 0.6 is 0 Å². The van der Waals surface area contributed by atoms with Crippen LogP contribution in [0.3, 0.4) is 0 Å². The number of esters is 1. The molecule has 1 saturated carbocycles. The molecule has 0 aromatic heterocycles. The largest absolute Gasteiger partial charge is 0.502 e. The average Bonchev–Trinajstić information content (AvgIpc) is 3.50. The van der Waals surface area contributed by atoms with Crippen LogP contribution in [0, 0.1) is 5.92 Å². The van der Waals surface area contributed by atoms with Crippen LogP contribution in [-0.4, -0.2) is 114 Å². The molecule has 3 fully saturated rings. The van der Waals surface area contributed by atoms with Gasteiger partial charge in [0.25, 0.3) is 0 Å². The second-order valence-corrected chi connectivity index (χ2v) is 10.4. The molecule has 0 spiro atoms. The van der Waals surface area contributed by atoms with E-state index in [1.807, 2.05) is 0 Å². The standard InChI is InChI=1S/C26H34O14/c1-25-16(40-25)7-26(32)12(22(31)35-4)9-37-24(21(25)26)39-23-20(30)19(29)18(28)15(38-23)10-36-8-11-5-13(33-2)17(27)14(6-11)34-3/h5-6,9,15-16,18-21,23-24,27-30,32H,7-8,10H2,1-4H3/t15-,16+,18-,19+,20-,21-,23+,24+,25+,26+/m1/s1. The molecule has 0 unspecified atom stereocenters. The van der Waals surface area contributed by atoms with Crippen molar-refractivity contribution >= 4 is 5.97 Å². The van der Waals surface area contributed by atoms with E-state index in [0.29, 0.717) is 5.56 Å². The van der Waals surface area contributed by atoms with Gasteiger partial charge in [-0.15, -0.1) is 0 Å². The molecule has 1 aromatic rings. The smallest absolute Gasteiger partial charge is 0.339 e. The number of ether oxygens (including phenoxy) is 8. The third kappa shape index (κ3) is 4.67. The lowest BCUT2D eigenvalue weighted by Gasteiger charge is -2.45. The minimum atomic E-state index is -1.68. The van der Waals surface area contributed by atoms with Gasteiger partial charge in [-0.3, -0.25) is 0 Å². The predicted octanol–water partition coefficient (Wildman–Crippen LogP) is -0.928. The molecule has 222 valence electrons. The first kappa shape index (κ1) is 28.8. The second kappa shape index (κ2) is 10.6. The molecule has 3 aliphatic heterocycles. The first-order chi connectivity index (χ1) is 19.0. The molecule has 0 amide bonds. The Kier molecular flexibility index (Phi) is 7.65. The van der Waals surface area contributed by atoms with Crippen molar-refractivity contribution in [2.45, 2.75) is 74.3 Å². The summed E-state index contributed by atoms with van der Waals surface area (Å²) in [6.07, 6.45) is -7.91. The minimum Gasteiger partial charge on any atom is -0.502 e. The zero-order valence-electron chi connectivity index (χ0n) is 22.4. The van der Waals surface area contributed by atoms with Crippen LogP contribution in [0.5, 0.6) is 17.2 Å². The molecule has 2 saturated heterocycles. The number of hydrogen-bond acceptors (Lipinski definition) is 14. The fraction of sp³-hybridized carbons (Fsp3) is 0.654. The zero-order chi connectivity index (χ0) is 29.0. The Hall–Kier alpha value is -2.69. The summed E-state index contributed by atoms with van der Waals surface area (Å²) in [6.45, 7) is 1.54.